The lowest BCUT2D eigenvalue weighted by molar-refractivity contribution is 0.225. The zero-order chi connectivity index (χ0) is 13.2. The molecule has 3 rings (SSSR count). The highest BCUT2D eigenvalue weighted by atomic mass is 15.3. The van der Waals surface area contributed by atoms with Crippen molar-refractivity contribution in [2.24, 2.45) is 11.8 Å². The van der Waals surface area contributed by atoms with Gasteiger partial charge in [0.05, 0.1) is 0 Å². The van der Waals surface area contributed by atoms with Gasteiger partial charge in [-0.3, -0.25) is 0 Å². The van der Waals surface area contributed by atoms with E-state index in [-0.39, 0.29) is 0 Å². The number of aromatic nitrogens is 3. The Balaban J connectivity index is 1.44. The van der Waals surface area contributed by atoms with Gasteiger partial charge in [-0.05, 0) is 43.9 Å². The SMILES string of the molecule is C[C@@H]1CC[C@H](NCCn2cnnc2C2CC2)C[C@@H]1C. The van der Waals surface area contributed by atoms with E-state index in [1.54, 1.807) is 0 Å². The van der Waals surface area contributed by atoms with E-state index in [1.807, 2.05) is 6.33 Å². The van der Waals surface area contributed by atoms with Crippen LogP contribution in [0.1, 0.15) is 57.7 Å². The minimum atomic E-state index is 0.693. The molecule has 0 aromatic carbocycles. The summed E-state index contributed by atoms with van der Waals surface area (Å²) in [5, 5.41) is 12.0. The second-order valence-corrected chi connectivity index (χ2v) is 6.58. The topological polar surface area (TPSA) is 42.7 Å². The molecule has 4 nitrogen and oxygen atoms in total. The van der Waals surface area contributed by atoms with Crippen molar-refractivity contribution in [3.63, 3.8) is 0 Å². The zero-order valence-corrected chi connectivity index (χ0v) is 12.2. The normalized spacial score (nSPS) is 31.6. The summed E-state index contributed by atoms with van der Waals surface area (Å²) >= 11 is 0. The summed E-state index contributed by atoms with van der Waals surface area (Å²) in [4.78, 5) is 0. The Hall–Kier alpha value is -0.900. The molecule has 0 unspecified atom stereocenters. The summed E-state index contributed by atoms with van der Waals surface area (Å²) in [6.45, 7) is 6.84. The van der Waals surface area contributed by atoms with E-state index in [9.17, 15) is 0 Å². The minimum Gasteiger partial charge on any atom is -0.316 e. The average molecular weight is 262 g/mol. The summed E-state index contributed by atoms with van der Waals surface area (Å²) in [6.07, 6.45) is 8.52. The van der Waals surface area contributed by atoms with Crippen LogP contribution >= 0.6 is 0 Å². The number of nitrogens with zero attached hydrogens (tertiary/aromatic N) is 3. The van der Waals surface area contributed by atoms with E-state index < -0.39 is 0 Å². The van der Waals surface area contributed by atoms with Gasteiger partial charge < -0.3 is 9.88 Å². The fourth-order valence-corrected chi connectivity index (χ4v) is 3.22. The van der Waals surface area contributed by atoms with E-state index in [1.165, 1.54) is 37.9 Å². The lowest BCUT2D eigenvalue weighted by Crippen LogP contribution is -2.37. The molecule has 2 saturated carbocycles. The molecule has 0 aliphatic heterocycles. The summed E-state index contributed by atoms with van der Waals surface area (Å²) in [7, 11) is 0. The Morgan fingerprint density at radius 1 is 1.21 bits per heavy atom. The summed E-state index contributed by atoms with van der Waals surface area (Å²) in [5.74, 6) is 3.66. The molecule has 0 radical (unpaired) electrons. The Bertz CT molecular complexity index is 410. The maximum atomic E-state index is 4.25. The molecule has 3 atom stereocenters. The van der Waals surface area contributed by atoms with Crippen LogP contribution in [0.15, 0.2) is 6.33 Å². The summed E-state index contributed by atoms with van der Waals surface area (Å²) in [6, 6.07) is 0.715. The van der Waals surface area contributed by atoms with Gasteiger partial charge in [0.25, 0.3) is 0 Å². The predicted octanol–water partition coefficient (Wildman–Crippen LogP) is 2.57. The molecule has 0 bridgehead atoms. The summed E-state index contributed by atoms with van der Waals surface area (Å²) in [5.41, 5.74) is 0. The van der Waals surface area contributed by atoms with Crippen LogP contribution in [0.4, 0.5) is 0 Å². The van der Waals surface area contributed by atoms with Crippen molar-refractivity contribution in [2.75, 3.05) is 6.54 Å². The molecule has 1 N–H and O–H groups in total. The van der Waals surface area contributed by atoms with Gasteiger partial charge in [-0.25, -0.2) is 0 Å². The Morgan fingerprint density at radius 2 is 2.05 bits per heavy atom. The van der Waals surface area contributed by atoms with Crippen LogP contribution in [0.5, 0.6) is 0 Å². The van der Waals surface area contributed by atoms with Crippen molar-refractivity contribution in [1.29, 1.82) is 0 Å². The van der Waals surface area contributed by atoms with Crippen LogP contribution in [-0.2, 0) is 6.54 Å². The third-order valence-corrected chi connectivity index (χ3v) is 4.97. The van der Waals surface area contributed by atoms with Crippen molar-refractivity contribution >= 4 is 0 Å². The Morgan fingerprint density at radius 3 is 2.79 bits per heavy atom. The predicted molar refractivity (Wildman–Crippen MR) is 76.0 cm³/mol. The molecule has 19 heavy (non-hydrogen) atoms. The van der Waals surface area contributed by atoms with Crippen LogP contribution in [0.2, 0.25) is 0 Å². The smallest absolute Gasteiger partial charge is 0.135 e. The molecular weight excluding hydrogens is 236 g/mol. The van der Waals surface area contributed by atoms with Crippen LogP contribution in [0.3, 0.4) is 0 Å². The monoisotopic (exact) mass is 262 g/mol. The van der Waals surface area contributed by atoms with Gasteiger partial charge in [-0.2, -0.15) is 0 Å². The Labute approximate surface area is 116 Å². The zero-order valence-electron chi connectivity index (χ0n) is 12.2. The molecule has 0 amide bonds. The van der Waals surface area contributed by atoms with Crippen LogP contribution in [0.25, 0.3) is 0 Å². The molecule has 2 fully saturated rings. The van der Waals surface area contributed by atoms with E-state index in [0.717, 1.165) is 24.9 Å². The molecule has 1 heterocycles. The number of hydrogen-bond acceptors (Lipinski definition) is 3. The standard InChI is InChI=1S/C15H26N4/c1-11-3-6-14(9-12(11)2)16-7-8-19-10-17-18-15(19)13-4-5-13/h10-14,16H,3-9H2,1-2H3/t11-,12+,14+/m1/s1. The van der Waals surface area contributed by atoms with Crippen LogP contribution in [0, 0.1) is 11.8 Å². The van der Waals surface area contributed by atoms with Crippen molar-refractivity contribution in [3.05, 3.63) is 12.2 Å². The first-order valence-corrected chi connectivity index (χ1v) is 7.85. The summed E-state index contributed by atoms with van der Waals surface area (Å²) < 4.78 is 2.24. The second kappa shape index (κ2) is 5.61. The molecule has 0 saturated heterocycles. The van der Waals surface area contributed by atoms with Crippen molar-refractivity contribution in [3.8, 4) is 0 Å². The number of rotatable bonds is 5. The van der Waals surface area contributed by atoms with Gasteiger partial charge in [0, 0.05) is 25.0 Å². The third-order valence-electron chi connectivity index (χ3n) is 4.97. The van der Waals surface area contributed by atoms with Crippen LogP contribution < -0.4 is 5.32 Å². The average Bonchev–Trinajstić information content (AvgIpc) is 3.14. The van der Waals surface area contributed by atoms with E-state index in [0.29, 0.717) is 12.0 Å². The highest BCUT2D eigenvalue weighted by Gasteiger charge is 2.28. The van der Waals surface area contributed by atoms with Gasteiger partial charge in [-0.15, -0.1) is 10.2 Å². The largest absolute Gasteiger partial charge is 0.316 e. The highest BCUT2D eigenvalue weighted by Crippen LogP contribution is 2.38. The van der Waals surface area contributed by atoms with Gasteiger partial charge in [0.2, 0.25) is 0 Å². The van der Waals surface area contributed by atoms with E-state index in [4.69, 9.17) is 0 Å². The van der Waals surface area contributed by atoms with E-state index >= 15 is 0 Å². The molecule has 2 aliphatic rings. The third kappa shape index (κ3) is 3.16. The van der Waals surface area contributed by atoms with Gasteiger partial charge in [0.1, 0.15) is 12.2 Å². The minimum absolute atomic E-state index is 0.693. The van der Waals surface area contributed by atoms with Crippen molar-refractivity contribution in [2.45, 2.75) is 64.5 Å². The maximum Gasteiger partial charge on any atom is 0.135 e. The lowest BCUT2D eigenvalue weighted by Gasteiger charge is -2.32. The van der Waals surface area contributed by atoms with Gasteiger partial charge in [-0.1, -0.05) is 13.8 Å². The van der Waals surface area contributed by atoms with Crippen molar-refractivity contribution < 1.29 is 0 Å². The Kier molecular flexibility index (Phi) is 3.87. The second-order valence-electron chi connectivity index (χ2n) is 6.58. The number of nitrogens with one attached hydrogen (secondary N) is 1. The highest BCUT2D eigenvalue weighted by molar-refractivity contribution is 5.04. The lowest BCUT2D eigenvalue weighted by atomic mass is 9.79. The molecule has 106 valence electrons. The molecule has 0 spiro atoms. The quantitative estimate of drug-likeness (QED) is 0.887. The fourth-order valence-electron chi connectivity index (χ4n) is 3.22. The first-order chi connectivity index (χ1) is 9.24. The molecule has 1 aromatic heterocycles. The molecule has 4 heteroatoms. The van der Waals surface area contributed by atoms with Crippen LogP contribution in [-0.4, -0.2) is 27.4 Å². The molecule has 2 aliphatic carbocycles. The van der Waals surface area contributed by atoms with Gasteiger partial charge >= 0.3 is 0 Å². The number of hydrogen-bond donors (Lipinski definition) is 1. The molecule has 1 aromatic rings. The maximum absolute atomic E-state index is 4.25. The van der Waals surface area contributed by atoms with Crippen molar-refractivity contribution in [1.82, 2.24) is 20.1 Å². The molecular formula is C15H26N4. The van der Waals surface area contributed by atoms with Gasteiger partial charge in [0.15, 0.2) is 0 Å². The first kappa shape index (κ1) is 13.1. The van der Waals surface area contributed by atoms with E-state index in [2.05, 4.69) is 33.9 Å². The first-order valence-electron chi connectivity index (χ1n) is 7.85. The fraction of sp³-hybridized carbons (Fsp3) is 0.867.